The van der Waals surface area contributed by atoms with Crippen molar-refractivity contribution in [2.75, 3.05) is 6.61 Å². The lowest BCUT2D eigenvalue weighted by molar-refractivity contribution is -0.146. The van der Waals surface area contributed by atoms with Crippen molar-refractivity contribution in [3.05, 3.63) is 101 Å². The van der Waals surface area contributed by atoms with Gasteiger partial charge in [0.1, 0.15) is 5.78 Å². The van der Waals surface area contributed by atoms with Gasteiger partial charge in [0.25, 0.3) is 0 Å². The lowest BCUT2D eigenvalue weighted by Gasteiger charge is -2.16. The summed E-state index contributed by atoms with van der Waals surface area (Å²) in [6.45, 7) is 8.17. The van der Waals surface area contributed by atoms with Crippen LogP contribution in [0.15, 0.2) is 83.4 Å². The molecular formula is C34H35NO4. The van der Waals surface area contributed by atoms with Gasteiger partial charge in [-0.25, -0.2) is 0 Å². The zero-order valence-corrected chi connectivity index (χ0v) is 23.1. The summed E-state index contributed by atoms with van der Waals surface area (Å²) >= 11 is 0. The number of carbonyl (C=O) groups excluding carboxylic acids is 2. The number of ether oxygens (including phenoxy) is 1. The number of nitrogens with zero attached hydrogens (tertiary/aromatic N) is 1. The van der Waals surface area contributed by atoms with Gasteiger partial charge in [0.2, 0.25) is 0 Å². The van der Waals surface area contributed by atoms with Crippen LogP contribution in [0.25, 0.3) is 22.5 Å². The number of ketones is 1. The van der Waals surface area contributed by atoms with E-state index < -0.39 is 5.41 Å². The first kappa shape index (κ1) is 26.6. The highest BCUT2D eigenvalue weighted by molar-refractivity contribution is 5.88. The summed E-state index contributed by atoms with van der Waals surface area (Å²) in [5.41, 5.74) is 6.33. The van der Waals surface area contributed by atoms with Crippen LogP contribution in [-0.2, 0) is 19.7 Å². The van der Waals surface area contributed by atoms with Gasteiger partial charge in [-0.2, -0.15) is 0 Å². The largest absolute Gasteiger partial charge is 0.465 e. The number of rotatable bonds is 10. The Balaban J connectivity index is 1.32. The number of carbonyl (C=O) groups is 2. The Hall–Kier alpha value is -3.99. The Morgan fingerprint density at radius 3 is 2.08 bits per heavy atom. The molecule has 1 aromatic heterocycles. The summed E-state index contributed by atoms with van der Waals surface area (Å²) < 4.78 is 11.0. The van der Waals surface area contributed by atoms with Crippen molar-refractivity contribution in [3.63, 3.8) is 0 Å². The van der Waals surface area contributed by atoms with Crippen LogP contribution in [0, 0.1) is 6.92 Å². The monoisotopic (exact) mass is 521 g/mol. The summed E-state index contributed by atoms with van der Waals surface area (Å²) in [6.07, 6.45) is 2.14. The van der Waals surface area contributed by atoms with Gasteiger partial charge in [-0.05, 0) is 54.9 Å². The van der Waals surface area contributed by atoms with E-state index in [2.05, 4.69) is 36.3 Å². The second kappa shape index (κ2) is 11.0. The molecule has 200 valence electrons. The minimum Gasteiger partial charge on any atom is -0.465 e. The molecule has 0 spiro atoms. The molecule has 1 aliphatic carbocycles. The van der Waals surface area contributed by atoms with Crippen molar-refractivity contribution in [1.82, 2.24) is 5.16 Å². The molecule has 2 atom stereocenters. The lowest BCUT2D eigenvalue weighted by Crippen LogP contribution is -2.23. The second-order valence-corrected chi connectivity index (χ2v) is 10.7. The minimum absolute atomic E-state index is 0.123. The Bertz CT molecular complexity index is 1450. The van der Waals surface area contributed by atoms with Gasteiger partial charge in [-0.3, -0.25) is 9.59 Å². The van der Waals surface area contributed by atoms with E-state index in [-0.39, 0.29) is 23.6 Å². The van der Waals surface area contributed by atoms with Crippen molar-refractivity contribution >= 4 is 11.8 Å². The summed E-state index contributed by atoms with van der Waals surface area (Å²) in [6, 6.07) is 26.4. The topological polar surface area (TPSA) is 69.4 Å². The fourth-order valence-corrected chi connectivity index (χ4v) is 5.43. The van der Waals surface area contributed by atoms with Crippen LogP contribution < -0.4 is 0 Å². The standard InChI is InChI=1S/C34H35NO4/c1-5-38-33(37)34(19-20-34)29-17-15-27(16-18-29)26-11-13-28(14-12-26)32-31(24(4)35-39-32)23(3)30(36)21-22(2)25-9-7-6-8-10-25/h6-18,22-23H,5,19-21H2,1-4H3. The predicted octanol–water partition coefficient (Wildman–Crippen LogP) is 7.78. The average Bonchev–Trinajstić information content (AvgIpc) is 3.69. The average molecular weight is 522 g/mol. The molecule has 0 aliphatic heterocycles. The van der Waals surface area contributed by atoms with Crippen molar-refractivity contribution in [2.45, 2.75) is 64.2 Å². The van der Waals surface area contributed by atoms with E-state index in [0.717, 1.165) is 51.9 Å². The summed E-state index contributed by atoms with van der Waals surface area (Å²) in [7, 11) is 0. The highest BCUT2D eigenvalue weighted by atomic mass is 16.5. The molecule has 0 saturated heterocycles. The smallest absolute Gasteiger partial charge is 0.316 e. The number of Topliss-reactive ketones (excluding diaryl/α,β-unsaturated/α-hetero) is 1. The molecule has 2 unspecified atom stereocenters. The van der Waals surface area contributed by atoms with E-state index in [1.807, 2.05) is 75.4 Å². The maximum atomic E-state index is 13.3. The first-order valence-electron chi connectivity index (χ1n) is 13.8. The number of benzene rings is 3. The minimum atomic E-state index is -0.466. The Morgan fingerprint density at radius 2 is 1.49 bits per heavy atom. The quantitative estimate of drug-likeness (QED) is 0.199. The number of hydrogen-bond donors (Lipinski definition) is 0. The molecule has 1 fully saturated rings. The van der Waals surface area contributed by atoms with E-state index in [0.29, 0.717) is 18.8 Å². The molecule has 39 heavy (non-hydrogen) atoms. The van der Waals surface area contributed by atoms with Gasteiger partial charge >= 0.3 is 5.97 Å². The first-order chi connectivity index (χ1) is 18.8. The van der Waals surface area contributed by atoms with Crippen LogP contribution in [-0.4, -0.2) is 23.5 Å². The summed E-state index contributed by atoms with van der Waals surface area (Å²) in [4.78, 5) is 25.7. The maximum Gasteiger partial charge on any atom is 0.316 e. The molecule has 5 heteroatoms. The zero-order chi connectivity index (χ0) is 27.6. The first-order valence-corrected chi connectivity index (χ1v) is 13.8. The van der Waals surface area contributed by atoms with Crippen LogP contribution in [0.4, 0.5) is 0 Å². The second-order valence-electron chi connectivity index (χ2n) is 10.7. The number of aromatic nitrogens is 1. The number of aryl methyl sites for hydroxylation is 1. The van der Waals surface area contributed by atoms with Gasteiger partial charge in [-0.1, -0.05) is 97.9 Å². The highest BCUT2D eigenvalue weighted by Gasteiger charge is 2.52. The molecule has 0 radical (unpaired) electrons. The van der Waals surface area contributed by atoms with Gasteiger partial charge in [-0.15, -0.1) is 0 Å². The fraction of sp³-hybridized carbons (Fsp3) is 0.324. The van der Waals surface area contributed by atoms with E-state index >= 15 is 0 Å². The fourth-order valence-electron chi connectivity index (χ4n) is 5.43. The van der Waals surface area contributed by atoms with Gasteiger partial charge in [0.15, 0.2) is 5.76 Å². The van der Waals surface area contributed by atoms with Gasteiger partial charge in [0.05, 0.1) is 17.7 Å². The molecule has 1 heterocycles. The van der Waals surface area contributed by atoms with Crippen molar-refractivity contribution in [3.8, 4) is 22.5 Å². The third-order valence-electron chi connectivity index (χ3n) is 8.03. The molecule has 0 N–H and O–H groups in total. The molecule has 3 aromatic carbocycles. The third kappa shape index (κ3) is 5.31. The maximum absolute atomic E-state index is 13.3. The molecule has 0 amide bonds. The van der Waals surface area contributed by atoms with Crippen molar-refractivity contribution in [2.24, 2.45) is 0 Å². The molecule has 0 bridgehead atoms. The van der Waals surface area contributed by atoms with Crippen LogP contribution in [0.3, 0.4) is 0 Å². The van der Waals surface area contributed by atoms with Crippen molar-refractivity contribution < 1.29 is 18.8 Å². The molecule has 1 saturated carbocycles. The van der Waals surface area contributed by atoms with Crippen LogP contribution in [0.2, 0.25) is 0 Å². The molecular weight excluding hydrogens is 486 g/mol. The molecule has 1 aliphatic rings. The summed E-state index contributed by atoms with van der Waals surface area (Å²) in [5.74, 6) is 0.517. The zero-order valence-electron chi connectivity index (χ0n) is 23.1. The van der Waals surface area contributed by atoms with Gasteiger partial charge in [0, 0.05) is 23.5 Å². The number of esters is 1. The number of hydrogen-bond acceptors (Lipinski definition) is 5. The SMILES string of the molecule is CCOC(=O)C1(c2ccc(-c3ccc(-c4onc(C)c4C(C)C(=O)CC(C)c4ccccc4)cc3)cc2)CC1. The van der Waals surface area contributed by atoms with Crippen molar-refractivity contribution in [1.29, 1.82) is 0 Å². The van der Waals surface area contributed by atoms with E-state index in [9.17, 15) is 9.59 Å². The Labute approximate surface area is 230 Å². The Morgan fingerprint density at radius 1 is 0.897 bits per heavy atom. The lowest BCUT2D eigenvalue weighted by atomic mass is 9.86. The van der Waals surface area contributed by atoms with E-state index in [1.165, 1.54) is 0 Å². The Kier molecular flexibility index (Phi) is 7.51. The highest BCUT2D eigenvalue weighted by Crippen LogP contribution is 2.49. The van der Waals surface area contributed by atoms with Crippen LogP contribution >= 0.6 is 0 Å². The van der Waals surface area contributed by atoms with Crippen LogP contribution in [0.1, 0.15) is 74.3 Å². The normalized spacial score (nSPS) is 15.4. The van der Waals surface area contributed by atoms with E-state index in [1.54, 1.807) is 0 Å². The third-order valence-corrected chi connectivity index (χ3v) is 8.03. The molecule has 4 aromatic rings. The van der Waals surface area contributed by atoms with Gasteiger partial charge < -0.3 is 9.26 Å². The summed E-state index contributed by atoms with van der Waals surface area (Å²) in [5, 5.41) is 4.22. The molecule has 5 rings (SSSR count). The predicted molar refractivity (Wildman–Crippen MR) is 153 cm³/mol. The van der Waals surface area contributed by atoms with E-state index in [4.69, 9.17) is 9.26 Å². The molecule has 5 nitrogen and oxygen atoms in total. The van der Waals surface area contributed by atoms with Crippen LogP contribution in [0.5, 0.6) is 0 Å².